The third-order valence-electron chi connectivity index (χ3n) is 5.59. The van der Waals surface area contributed by atoms with Crippen LogP contribution >= 0.6 is 0 Å². The predicted octanol–water partition coefficient (Wildman–Crippen LogP) is 2.37. The predicted molar refractivity (Wildman–Crippen MR) is 109 cm³/mol. The number of benzene rings is 2. The SMILES string of the molecule is O=C1C(N2CCCC(NS(=O)(=O)c3ccccc3)C2)CCN1c1ccccc1F. The van der Waals surface area contributed by atoms with Crippen molar-refractivity contribution < 1.29 is 17.6 Å². The molecule has 0 spiro atoms. The van der Waals surface area contributed by atoms with Gasteiger partial charge >= 0.3 is 0 Å². The summed E-state index contributed by atoms with van der Waals surface area (Å²) in [6, 6.07) is 14.0. The Kier molecular flexibility index (Phi) is 5.67. The van der Waals surface area contributed by atoms with Crippen molar-refractivity contribution in [3.63, 3.8) is 0 Å². The van der Waals surface area contributed by atoms with E-state index < -0.39 is 15.8 Å². The minimum absolute atomic E-state index is 0.123. The van der Waals surface area contributed by atoms with Gasteiger partial charge in [0, 0.05) is 19.1 Å². The van der Waals surface area contributed by atoms with Crippen molar-refractivity contribution in [2.24, 2.45) is 0 Å². The Labute approximate surface area is 170 Å². The minimum Gasteiger partial charge on any atom is -0.308 e. The molecule has 1 N–H and O–H groups in total. The summed E-state index contributed by atoms with van der Waals surface area (Å²) >= 11 is 0. The van der Waals surface area contributed by atoms with Crippen molar-refractivity contribution in [2.45, 2.75) is 36.2 Å². The van der Waals surface area contributed by atoms with Gasteiger partial charge in [0.2, 0.25) is 15.9 Å². The van der Waals surface area contributed by atoms with E-state index in [0.29, 0.717) is 25.2 Å². The van der Waals surface area contributed by atoms with E-state index in [-0.39, 0.29) is 22.9 Å². The van der Waals surface area contributed by atoms with Gasteiger partial charge in [0.05, 0.1) is 16.6 Å². The molecule has 2 aliphatic heterocycles. The number of likely N-dealkylation sites (tertiary alicyclic amines) is 1. The number of carbonyl (C=O) groups is 1. The normalized spacial score (nSPS) is 23.5. The van der Waals surface area contributed by atoms with Crippen molar-refractivity contribution in [1.29, 1.82) is 0 Å². The number of hydrogen-bond donors (Lipinski definition) is 1. The molecule has 2 fully saturated rings. The van der Waals surface area contributed by atoms with Crippen molar-refractivity contribution in [3.8, 4) is 0 Å². The summed E-state index contributed by atoms with van der Waals surface area (Å²) in [7, 11) is -3.60. The van der Waals surface area contributed by atoms with E-state index in [4.69, 9.17) is 0 Å². The number of amides is 1. The first-order valence-corrected chi connectivity index (χ1v) is 11.3. The van der Waals surface area contributed by atoms with E-state index in [9.17, 15) is 17.6 Å². The molecule has 2 unspecified atom stereocenters. The molecular weight excluding hydrogens is 393 g/mol. The Balaban J connectivity index is 1.44. The number of halogens is 1. The average Bonchev–Trinajstić information content (AvgIpc) is 3.10. The van der Waals surface area contributed by atoms with E-state index in [0.717, 1.165) is 19.4 Å². The molecule has 154 valence electrons. The zero-order valence-electron chi connectivity index (χ0n) is 16.0. The number of hydrogen-bond acceptors (Lipinski definition) is 4. The minimum atomic E-state index is -3.60. The summed E-state index contributed by atoms with van der Waals surface area (Å²) in [4.78, 5) is 16.7. The van der Waals surface area contributed by atoms with Crippen LogP contribution in [0.4, 0.5) is 10.1 Å². The molecule has 0 bridgehead atoms. The number of rotatable bonds is 5. The van der Waals surface area contributed by atoms with Crippen LogP contribution in [0.2, 0.25) is 0 Å². The lowest BCUT2D eigenvalue weighted by Gasteiger charge is -2.36. The van der Waals surface area contributed by atoms with Crippen LogP contribution in [0, 0.1) is 5.82 Å². The van der Waals surface area contributed by atoms with Gasteiger partial charge in [-0.05, 0) is 50.1 Å². The van der Waals surface area contributed by atoms with Gasteiger partial charge in [0.25, 0.3) is 0 Å². The van der Waals surface area contributed by atoms with Crippen LogP contribution in [0.1, 0.15) is 19.3 Å². The molecule has 8 heteroatoms. The Bertz CT molecular complexity index is 984. The number of carbonyl (C=O) groups excluding carboxylic acids is 1. The van der Waals surface area contributed by atoms with Crippen LogP contribution in [0.25, 0.3) is 0 Å². The molecule has 0 aliphatic carbocycles. The lowest BCUT2D eigenvalue weighted by Crippen LogP contribution is -2.52. The van der Waals surface area contributed by atoms with Crippen molar-refractivity contribution in [2.75, 3.05) is 24.5 Å². The molecule has 2 atom stereocenters. The van der Waals surface area contributed by atoms with Crippen LogP contribution < -0.4 is 9.62 Å². The smallest absolute Gasteiger partial charge is 0.244 e. The Morgan fingerprint density at radius 3 is 2.45 bits per heavy atom. The molecule has 2 aliphatic rings. The zero-order chi connectivity index (χ0) is 20.4. The number of piperidine rings is 1. The lowest BCUT2D eigenvalue weighted by atomic mass is 10.0. The molecule has 2 aromatic carbocycles. The fourth-order valence-electron chi connectivity index (χ4n) is 4.19. The molecular formula is C21H24FN3O3S. The van der Waals surface area contributed by atoms with Gasteiger partial charge in [-0.3, -0.25) is 9.69 Å². The second-order valence-electron chi connectivity index (χ2n) is 7.51. The Morgan fingerprint density at radius 1 is 0.966 bits per heavy atom. The van der Waals surface area contributed by atoms with Crippen LogP contribution in [0.15, 0.2) is 59.5 Å². The van der Waals surface area contributed by atoms with E-state index in [2.05, 4.69) is 4.72 Å². The van der Waals surface area contributed by atoms with Gasteiger partial charge in [0.1, 0.15) is 5.82 Å². The summed E-state index contributed by atoms with van der Waals surface area (Å²) < 4.78 is 42.1. The fourth-order valence-corrected chi connectivity index (χ4v) is 5.47. The highest BCUT2D eigenvalue weighted by Gasteiger charge is 2.39. The molecule has 6 nitrogen and oxygen atoms in total. The number of anilines is 1. The van der Waals surface area contributed by atoms with Gasteiger partial charge < -0.3 is 4.90 Å². The van der Waals surface area contributed by atoms with Crippen LogP contribution in [0.3, 0.4) is 0 Å². The van der Waals surface area contributed by atoms with Gasteiger partial charge in [-0.2, -0.15) is 0 Å². The van der Waals surface area contributed by atoms with Crippen LogP contribution in [-0.4, -0.2) is 50.9 Å². The summed E-state index contributed by atoms with van der Waals surface area (Å²) in [6.45, 7) is 1.65. The van der Waals surface area contributed by atoms with Gasteiger partial charge in [-0.25, -0.2) is 17.5 Å². The molecule has 1 amide bonds. The zero-order valence-corrected chi connectivity index (χ0v) is 16.8. The van der Waals surface area contributed by atoms with Gasteiger partial charge in [-0.15, -0.1) is 0 Å². The summed E-state index contributed by atoms with van der Waals surface area (Å²) in [5.74, 6) is -0.532. The number of sulfonamides is 1. The van der Waals surface area contributed by atoms with Crippen LogP contribution in [-0.2, 0) is 14.8 Å². The molecule has 0 radical (unpaired) electrons. The quantitative estimate of drug-likeness (QED) is 0.811. The molecule has 2 heterocycles. The second-order valence-corrected chi connectivity index (χ2v) is 9.23. The third-order valence-corrected chi connectivity index (χ3v) is 7.13. The number of para-hydroxylation sites is 1. The number of nitrogens with one attached hydrogen (secondary N) is 1. The number of nitrogens with zero attached hydrogens (tertiary/aromatic N) is 2. The molecule has 2 saturated heterocycles. The molecule has 0 saturated carbocycles. The van der Waals surface area contributed by atoms with Crippen molar-refractivity contribution in [3.05, 3.63) is 60.4 Å². The van der Waals surface area contributed by atoms with E-state index >= 15 is 0 Å². The first-order chi connectivity index (χ1) is 14.0. The summed E-state index contributed by atoms with van der Waals surface area (Å²) in [6.07, 6.45) is 2.12. The lowest BCUT2D eigenvalue weighted by molar-refractivity contribution is -0.122. The van der Waals surface area contributed by atoms with E-state index in [1.165, 1.54) is 11.0 Å². The maximum atomic E-state index is 14.1. The topological polar surface area (TPSA) is 69.7 Å². The monoisotopic (exact) mass is 417 g/mol. The van der Waals surface area contributed by atoms with Crippen molar-refractivity contribution >= 4 is 21.6 Å². The Hall–Kier alpha value is -2.29. The summed E-state index contributed by atoms with van der Waals surface area (Å²) in [5.41, 5.74) is 0.304. The molecule has 2 aromatic rings. The molecule has 4 rings (SSSR count). The maximum absolute atomic E-state index is 14.1. The highest BCUT2D eigenvalue weighted by Crippen LogP contribution is 2.28. The highest BCUT2D eigenvalue weighted by molar-refractivity contribution is 7.89. The molecule has 29 heavy (non-hydrogen) atoms. The van der Waals surface area contributed by atoms with E-state index in [1.807, 2.05) is 4.90 Å². The average molecular weight is 418 g/mol. The Morgan fingerprint density at radius 2 is 1.69 bits per heavy atom. The summed E-state index contributed by atoms with van der Waals surface area (Å²) in [5, 5.41) is 0. The largest absolute Gasteiger partial charge is 0.308 e. The van der Waals surface area contributed by atoms with Crippen molar-refractivity contribution in [1.82, 2.24) is 9.62 Å². The van der Waals surface area contributed by atoms with E-state index in [1.54, 1.807) is 48.5 Å². The standard InChI is InChI=1S/C21H24FN3O3S/c22-18-10-4-5-11-19(18)25-14-12-20(21(25)26)24-13-6-7-16(15-24)23-29(27,28)17-8-2-1-3-9-17/h1-5,8-11,16,20,23H,6-7,12-15H2. The maximum Gasteiger partial charge on any atom is 0.244 e. The molecule has 0 aromatic heterocycles. The fraction of sp³-hybridized carbons (Fsp3) is 0.381. The van der Waals surface area contributed by atoms with Gasteiger partial charge in [0.15, 0.2) is 0 Å². The van der Waals surface area contributed by atoms with Gasteiger partial charge in [-0.1, -0.05) is 30.3 Å². The van der Waals surface area contributed by atoms with Crippen LogP contribution in [0.5, 0.6) is 0 Å². The third kappa shape index (κ3) is 4.19. The second kappa shape index (κ2) is 8.22. The first-order valence-electron chi connectivity index (χ1n) is 9.83. The highest BCUT2D eigenvalue weighted by atomic mass is 32.2. The first kappa shape index (κ1) is 20.0.